The number of allylic oxidation sites excluding steroid dienone is 1. The van der Waals surface area contributed by atoms with Gasteiger partial charge in [0.25, 0.3) is 0 Å². The molecule has 1 fully saturated rings. The molecule has 0 radical (unpaired) electrons. The molecule has 0 bridgehead atoms. The standard InChI is InChI=1S/C18H32O2Si/c1-17(2,3)16-13(19)11-12-9-10-14(15(12)16)20-21(7,8)18(4,5)6/h12,14H,9-11H2,1-8H3. The van der Waals surface area contributed by atoms with E-state index in [1.165, 1.54) is 5.57 Å². The lowest BCUT2D eigenvalue weighted by atomic mass is 9.82. The molecule has 1 saturated carbocycles. The molecule has 0 heterocycles. The summed E-state index contributed by atoms with van der Waals surface area (Å²) < 4.78 is 6.68. The van der Waals surface area contributed by atoms with E-state index in [0.29, 0.717) is 11.7 Å². The van der Waals surface area contributed by atoms with Crippen LogP contribution < -0.4 is 0 Å². The summed E-state index contributed by atoms with van der Waals surface area (Å²) in [5, 5.41) is 0.218. The molecule has 0 aromatic heterocycles. The summed E-state index contributed by atoms with van der Waals surface area (Å²) in [6.07, 6.45) is 3.13. The first kappa shape index (κ1) is 16.9. The average Bonchev–Trinajstić information content (AvgIpc) is 2.74. The Hall–Kier alpha value is -0.413. The fraction of sp³-hybridized carbons (Fsp3) is 0.833. The van der Waals surface area contributed by atoms with E-state index in [-0.39, 0.29) is 16.6 Å². The van der Waals surface area contributed by atoms with Crippen LogP contribution in [0.25, 0.3) is 0 Å². The highest BCUT2D eigenvalue weighted by atomic mass is 28.4. The van der Waals surface area contributed by atoms with Crippen LogP contribution in [0.2, 0.25) is 18.1 Å². The van der Waals surface area contributed by atoms with Gasteiger partial charge < -0.3 is 4.43 Å². The van der Waals surface area contributed by atoms with Crippen molar-refractivity contribution in [2.24, 2.45) is 11.3 Å². The van der Waals surface area contributed by atoms with Gasteiger partial charge in [0.2, 0.25) is 0 Å². The lowest BCUT2D eigenvalue weighted by molar-refractivity contribution is -0.116. The Morgan fingerprint density at radius 2 is 1.62 bits per heavy atom. The molecule has 0 aliphatic heterocycles. The van der Waals surface area contributed by atoms with Crippen LogP contribution in [0.3, 0.4) is 0 Å². The second-order valence-electron chi connectivity index (χ2n) is 9.35. The molecule has 0 saturated heterocycles. The Bertz CT molecular complexity index is 474. The highest BCUT2D eigenvalue weighted by Crippen LogP contribution is 2.50. The minimum Gasteiger partial charge on any atom is -0.410 e. The van der Waals surface area contributed by atoms with Gasteiger partial charge in [0.15, 0.2) is 14.1 Å². The number of carbonyl (C=O) groups excluding carboxylic acids is 1. The van der Waals surface area contributed by atoms with Crippen molar-refractivity contribution in [3.05, 3.63) is 11.1 Å². The molecule has 120 valence electrons. The Balaban J connectivity index is 2.35. The molecular formula is C18H32O2Si. The average molecular weight is 309 g/mol. The van der Waals surface area contributed by atoms with Gasteiger partial charge in [-0.15, -0.1) is 0 Å². The maximum absolute atomic E-state index is 12.4. The zero-order valence-electron chi connectivity index (χ0n) is 15.1. The molecule has 0 aromatic carbocycles. The third kappa shape index (κ3) is 3.05. The molecule has 0 aromatic rings. The largest absolute Gasteiger partial charge is 0.410 e. The van der Waals surface area contributed by atoms with Crippen molar-refractivity contribution in [2.45, 2.75) is 85.0 Å². The molecule has 2 aliphatic carbocycles. The summed E-state index contributed by atoms with van der Waals surface area (Å²) in [7, 11) is -1.79. The number of hydrogen-bond acceptors (Lipinski definition) is 2. The van der Waals surface area contributed by atoms with E-state index in [1.54, 1.807) is 0 Å². The van der Waals surface area contributed by atoms with Gasteiger partial charge in [-0.2, -0.15) is 0 Å². The van der Waals surface area contributed by atoms with Crippen molar-refractivity contribution in [1.29, 1.82) is 0 Å². The van der Waals surface area contributed by atoms with Gasteiger partial charge in [-0.1, -0.05) is 41.5 Å². The molecule has 2 rings (SSSR count). The van der Waals surface area contributed by atoms with E-state index in [9.17, 15) is 4.79 Å². The number of carbonyl (C=O) groups is 1. The quantitative estimate of drug-likeness (QED) is 0.663. The van der Waals surface area contributed by atoms with Crippen molar-refractivity contribution in [1.82, 2.24) is 0 Å². The molecular weight excluding hydrogens is 276 g/mol. The van der Waals surface area contributed by atoms with Crippen molar-refractivity contribution in [3.8, 4) is 0 Å². The normalized spacial score (nSPS) is 27.5. The monoisotopic (exact) mass is 308 g/mol. The van der Waals surface area contributed by atoms with E-state index < -0.39 is 8.32 Å². The molecule has 2 atom stereocenters. The molecule has 0 spiro atoms. The Kier molecular flexibility index (Phi) is 4.08. The summed E-state index contributed by atoms with van der Waals surface area (Å²) in [5.41, 5.74) is 2.38. The van der Waals surface area contributed by atoms with Gasteiger partial charge in [-0.25, -0.2) is 0 Å². The van der Waals surface area contributed by atoms with Crippen LogP contribution in [0.4, 0.5) is 0 Å². The van der Waals surface area contributed by atoms with Gasteiger partial charge in [0.05, 0.1) is 6.10 Å². The number of ketones is 1. The summed E-state index contributed by atoms with van der Waals surface area (Å²) in [4.78, 5) is 12.4. The van der Waals surface area contributed by atoms with Crippen molar-refractivity contribution in [3.63, 3.8) is 0 Å². The first-order valence-corrected chi connectivity index (χ1v) is 11.2. The van der Waals surface area contributed by atoms with Gasteiger partial charge in [-0.05, 0) is 47.9 Å². The van der Waals surface area contributed by atoms with Crippen molar-refractivity contribution in [2.75, 3.05) is 0 Å². The van der Waals surface area contributed by atoms with E-state index in [0.717, 1.165) is 24.8 Å². The molecule has 2 nitrogen and oxygen atoms in total. The zero-order chi connectivity index (χ0) is 16.2. The first-order valence-electron chi connectivity index (χ1n) is 8.30. The highest BCUT2D eigenvalue weighted by molar-refractivity contribution is 6.74. The van der Waals surface area contributed by atoms with Crippen LogP contribution in [-0.4, -0.2) is 20.2 Å². The number of hydrogen-bond donors (Lipinski definition) is 0. The Morgan fingerprint density at radius 1 is 1.05 bits per heavy atom. The minimum atomic E-state index is -1.79. The predicted octanol–water partition coefficient (Wildman–Crippen LogP) is 5.10. The predicted molar refractivity (Wildman–Crippen MR) is 90.9 cm³/mol. The fourth-order valence-electron chi connectivity index (χ4n) is 3.50. The van der Waals surface area contributed by atoms with E-state index in [1.807, 2.05) is 0 Å². The minimum absolute atomic E-state index is 0.0550. The second kappa shape index (κ2) is 5.06. The molecule has 3 heteroatoms. The van der Waals surface area contributed by atoms with E-state index >= 15 is 0 Å². The van der Waals surface area contributed by atoms with Gasteiger partial charge in [0.1, 0.15) is 0 Å². The number of rotatable bonds is 2. The lowest BCUT2D eigenvalue weighted by Gasteiger charge is -2.39. The zero-order valence-corrected chi connectivity index (χ0v) is 16.1. The second-order valence-corrected chi connectivity index (χ2v) is 14.1. The SMILES string of the molecule is CC(C)(C)C1=C2C(CCC2O[Si](C)(C)C(C)(C)C)CC1=O. The molecule has 0 amide bonds. The summed E-state index contributed by atoms with van der Waals surface area (Å²) in [5.74, 6) is 0.826. The van der Waals surface area contributed by atoms with Crippen LogP contribution >= 0.6 is 0 Å². The van der Waals surface area contributed by atoms with Gasteiger partial charge in [0, 0.05) is 12.0 Å². The molecule has 21 heavy (non-hydrogen) atoms. The third-order valence-electron chi connectivity index (χ3n) is 5.56. The number of fused-ring (bicyclic) bond motifs is 1. The topological polar surface area (TPSA) is 26.3 Å². The van der Waals surface area contributed by atoms with E-state index in [2.05, 4.69) is 54.6 Å². The fourth-order valence-corrected chi connectivity index (χ4v) is 4.81. The Labute approximate surface area is 131 Å². The maximum atomic E-state index is 12.4. The van der Waals surface area contributed by atoms with Crippen LogP contribution in [0, 0.1) is 11.3 Å². The summed E-state index contributed by atoms with van der Waals surface area (Å²) >= 11 is 0. The molecule has 2 aliphatic rings. The smallest absolute Gasteiger partial charge is 0.192 e. The van der Waals surface area contributed by atoms with E-state index in [4.69, 9.17) is 4.43 Å². The van der Waals surface area contributed by atoms with Crippen LogP contribution in [0.5, 0.6) is 0 Å². The van der Waals surface area contributed by atoms with Gasteiger partial charge >= 0.3 is 0 Å². The molecule has 0 N–H and O–H groups in total. The highest BCUT2D eigenvalue weighted by Gasteiger charge is 2.48. The van der Waals surface area contributed by atoms with Crippen LogP contribution in [0.1, 0.15) is 60.8 Å². The van der Waals surface area contributed by atoms with Crippen LogP contribution in [-0.2, 0) is 9.22 Å². The lowest BCUT2D eigenvalue weighted by Crippen LogP contribution is -2.44. The third-order valence-corrected chi connectivity index (χ3v) is 10.0. The van der Waals surface area contributed by atoms with Crippen LogP contribution in [0.15, 0.2) is 11.1 Å². The summed E-state index contributed by atoms with van der Waals surface area (Å²) in [6, 6.07) is 0. The number of Topliss-reactive ketones (excluding diaryl/α,β-unsaturated/α-hetero) is 1. The first-order chi connectivity index (χ1) is 9.34. The Morgan fingerprint density at radius 3 is 2.10 bits per heavy atom. The molecule has 2 unspecified atom stereocenters. The van der Waals surface area contributed by atoms with Crippen molar-refractivity contribution >= 4 is 14.1 Å². The van der Waals surface area contributed by atoms with Crippen molar-refractivity contribution < 1.29 is 9.22 Å². The summed E-state index contributed by atoms with van der Waals surface area (Å²) in [6.45, 7) is 18.0. The maximum Gasteiger partial charge on any atom is 0.192 e. The van der Waals surface area contributed by atoms with Gasteiger partial charge in [-0.3, -0.25) is 4.79 Å².